The van der Waals surface area contributed by atoms with Gasteiger partial charge in [-0.05, 0) is 43.8 Å². The Labute approximate surface area is 117 Å². The molecule has 0 saturated carbocycles. The van der Waals surface area contributed by atoms with Crippen molar-refractivity contribution in [2.24, 2.45) is 0 Å². The third-order valence-electron chi connectivity index (χ3n) is 3.01. The molecule has 0 fully saturated rings. The van der Waals surface area contributed by atoms with E-state index in [0.29, 0.717) is 5.75 Å². The third-order valence-corrected chi connectivity index (χ3v) is 3.01. The molecule has 0 heterocycles. The van der Waals surface area contributed by atoms with Crippen LogP contribution in [-0.2, 0) is 0 Å². The van der Waals surface area contributed by atoms with Crippen molar-refractivity contribution in [2.45, 2.75) is 19.9 Å². The molecular formula is C16H17F2NO. The quantitative estimate of drug-likeness (QED) is 0.873. The third kappa shape index (κ3) is 3.33. The van der Waals surface area contributed by atoms with E-state index in [2.05, 4.69) is 5.32 Å². The maximum absolute atomic E-state index is 14.0. The van der Waals surface area contributed by atoms with Gasteiger partial charge in [-0.1, -0.05) is 19.1 Å². The Morgan fingerprint density at radius 2 is 1.80 bits per heavy atom. The fraction of sp³-hybridized carbons (Fsp3) is 0.250. The van der Waals surface area contributed by atoms with Gasteiger partial charge in [0.1, 0.15) is 11.6 Å². The lowest BCUT2D eigenvalue weighted by atomic mass is 10.1. The van der Waals surface area contributed by atoms with Crippen LogP contribution in [0.15, 0.2) is 42.5 Å². The van der Waals surface area contributed by atoms with E-state index in [1.165, 1.54) is 30.3 Å². The number of nitrogens with one attached hydrogen (secondary N) is 1. The highest BCUT2D eigenvalue weighted by Gasteiger charge is 2.15. The van der Waals surface area contributed by atoms with Gasteiger partial charge in [0, 0.05) is 11.6 Å². The van der Waals surface area contributed by atoms with Crippen LogP contribution in [0.25, 0.3) is 0 Å². The normalized spacial score (nSPS) is 12.2. The molecule has 4 heteroatoms. The first-order valence-corrected chi connectivity index (χ1v) is 6.57. The van der Waals surface area contributed by atoms with E-state index in [4.69, 9.17) is 4.74 Å². The SMILES string of the molecule is CCNC(C)c1cccc(F)c1Oc1ccc(F)cc1. The lowest BCUT2D eigenvalue weighted by Gasteiger charge is -2.18. The largest absolute Gasteiger partial charge is 0.454 e. The maximum Gasteiger partial charge on any atom is 0.167 e. The summed E-state index contributed by atoms with van der Waals surface area (Å²) in [6.07, 6.45) is 0. The topological polar surface area (TPSA) is 21.3 Å². The second-order valence-corrected chi connectivity index (χ2v) is 4.49. The molecule has 1 unspecified atom stereocenters. The zero-order valence-corrected chi connectivity index (χ0v) is 11.5. The Balaban J connectivity index is 2.32. The van der Waals surface area contributed by atoms with Crippen LogP contribution >= 0.6 is 0 Å². The van der Waals surface area contributed by atoms with Gasteiger partial charge in [0.15, 0.2) is 11.6 Å². The predicted octanol–water partition coefficient (Wildman–Crippen LogP) is 4.43. The molecule has 0 aliphatic heterocycles. The van der Waals surface area contributed by atoms with E-state index in [0.717, 1.165) is 12.1 Å². The fourth-order valence-electron chi connectivity index (χ4n) is 2.01. The van der Waals surface area contributed by atoms with E-state index >= 15 is 0 Å². The fourth-order valence-corrected chi connectivity index (χ4v) is 2.01. The number of ether oxygens (including phenoxy) is 1. The average molecular weight is 277 g/mol. The molecule has 2 aromatic rings. The second-order valence-electron chi connectivity index (χ2n) is 4.49. The minimum absolute atomic E-state index is 0.0360. The first-order valence-electron chi connectivity index (χ1n) is 6.57. The summed E-state index contributed by atoms with van der Waals surface area (Å²) in [6.45, 7) is 4.69. The summed E-state index contributed by atoms with van der Waals surface area (Å²) >= 11 is 0. The highest BCUT2D eigenvalue weighted by molar-refractivity contribution is 5.40. The number of hydrogen-bond donors (Lipinski definition) is 1. The molecule has 1 N–H and O–H groups in total. The summed E-state index contributed by atoms with van der Waals surface area (Å²) in [6, 6.07) is 10.3. The van der Waals surface area contributed by atoms with Gasteiger partial charge in [0.2, 0.25) is 0 Å². The van der Waals surface area contributed by atoms with Crippen LogP contribution in [0, 0.1) is 11.6 Å². The summed E-state index contributed by atoms with van der Waals surface area (Å²) in [5.74, 6) is -0.210. The molecule has 0 bridgehead atoms. The van der Waals surface area contributed by atoms with Gasteiger partial charge in [0.25, 0.3) is 0 Å². The lowest BCUT2D eigenvalue weighted by molar-refractivity contribution is 0.425. The minimum Gasteiger partial charge on any atom is -0.454 e. The number of rotatable bonds is 5. The molecule has 2 nitrogen and oxygen atoms in total. The Hall–Kier alpha value is -1.94. The standard InChI is InChI=1S/C16H17F2NO/c1-3-19-11(2)14-5-4-6-15(18)16(14)20-13-9-7-12(17)8-10-13/h4-11,19H,3H2,1-2H3. The van der Waals surface area contributed by atoms with Crippen molar-refractivity contribution < 1.29 is 13.5 Å². The van der Waals surface area contributed by atoms with Crippen molar-refractivity contribution in [3.05, 3.63) is 59.7 Å². The van der Waals surface area contributed by atoms with Crippen LogP contribution in [-0.4, -0.2) is 6.54 Å². The van der Waals surface area contributed by atoms with Gasteiger partial charge in [-0.2, -0.15) is 0 Å². The van der Waals surface area contributed by atoms with Crippen LogP contribution in [0.5, 0.6) is 11.5 Å². The molecule has 0 aliphatic carbocycles. The van der Waals surface area contributed by atoms with E-state index in [1.807, 2.05) is 19.9 Å². The lowest BCUT2D eigenvalue weighted by Crippen LogP contribution is -2.18. The van der Waals surface area contributed by atoms with Gasteiger partial charge in [-0.15, -0.1) is 0 Å². The summed E-state index contributed by atoms with van der Waals surface area (Å²) in [4.78, 5) is 0. The zero-order valence-electron chi connectivity index (χ0n) is 11.5. The smallest absolute Gasteiger partial charge is 0.167 e. The van der Waals surface area contributed by atoms with Crippen LogP contribution < -0.4 is 10.1 Å². The van der Waals surface area contributed by atoms with Crippen LogP contribution in [0.2, 0.25) is 0 Å². The predicted molar refractivity (Wildman–Crippen MR) is 75.0 cm³/mol. The van der Waals surface area contributed by atoms with Crippen molar-refractivity contribution >= 4 is 0 Å². The first kappa shape index (κ1) is 14.5. The zero-order chi connectivity index (χ0) is 14.5. The van der Waals surface area contributed by atoms with Gasteiger partial charge in [-0.25, -0.2) is 8.78 Å². The monoisotopic (exact) mass is 277 g/mol. The summed E-state index contributed by atoms with van der Waals surface area (Å²) in [5.41, 5.74) is 0.733. The molecule has 2 rings (SSSR count). The van der Waals surface area contributed by atoms with Gasteiger partial charge >= 0.3 is 0 Å². The van der Waals surface area contributed by atoms with Gasteiger partial charge < -0.3 is 10.1 Å². The Morgan fingerprint density at radius 3 is 2.45 bits per heavy atom. The number of hydrogen-bond acceptors (Lipinski definition) is 2. The highest BCUT2D eigenvalue weighted by atomic mass is 19.1. The molecule has 0 aliphatic rings. The summed E-state index contributed by atoms with van der Waals surface area (Å²) < 4.78 is 32.4. The van der Waals surface area contributed by atoms with E-state index in [9.17, 15) is 8.78 Å². The molecule has 0 radical (unpaired) electrons. The molecule has 106 valence electrons. The van der Waals surface area contributed by atoms with Gasteiger partial charge in [-0.3, -0.25) is 0 Å². The average Bonchev–Trinajstić information content (AvgIpc) is 2.43. The Morgan fingerprint density at radius 1 is 1.10 bits per heavy atom. The van der Waals surface area contributed by atoms with Crippen molar-refractivity contribution in [3.63, 3.8) is 0 Å². The molecular weight excluding hydrogens is 260 g/mol. The van der Waals surface area contributed by atoms with Gasteiger partial charge in [0.05, 0.1) is 0 Å². The van der Waals surface area contributed by atoms with E-state index in [1.54, 1.807) is 6.07 Å². The van der Waals surface area contributed by atoms with Crippen LogP contribution in [0.1, 0.15) is 25.5 Å². The molecule has 20 heavy (non-hydrogen) atoms. The van der Waals surface area contributed by atoms with Crippen molar-refractivity contribution in [2.75, 3.05) is 6.54 Å². The molecule has 0 spiro atoms. The first-order chi connectivity index (χ1) is 9.61. The molecule has 0 aromatic heterocycles. The molecule has 0 amide bonds. The molecule has 2 aromatic carbocycles. The van der Waals surface area contributed by atoms with E-state index < -0.39 is 5.82 Å². The van der Waals surface area contributed by atoms with Crippen molar-refractivity contribution in [1.29, 1.82) is 0 Å². The maximum atomic E-state index is 14.0. The van der Waals surface area contributed by atoms with Crippen LogP contribution in [0.4, 0.5) is 8.78 Å². The minimum atomic E-state index is -0.434. The number of halogens is 2. The summed E-state index contributed by atoms with van der Waals surface area (Å²) in [5, 5.41) is 3.22. The van der Waals surface area contributed by atoms with Crippen molar-refractivity contribution in [1.82, 2.24) is 5.32 Å². The molecule has 0 saturated heterocycles. The highest BCUT2D eigenvalue weighted by Crippen LogP contribution is 2.32. The molecule has 1 atom stereocenters. The summed E-state index contributed by atoms with van der Waals surface area (Å²) in [7, 11) is 0. The number of para-hydroxylation sites is 1. The Kier molecular flexibility index (Phi) is 4.69. The van der Waals surface area contributed by atoms with E-state index in [-0.39, 0.29) is 17.6 Å². The number of benzene rings is 2. The van der Waals surface area contributed by atoms with Crippen molar-refractivity contribution in [3.8, 4) is 11.5 Å². The second kappa shape index (κ2) is 6.48. The van der Waals surface area contributed by atoms with Crippen LogP contribution in [0.3, 0.4) is 0 Å². The Bertz CT molecular complexity index is 569.